The third kappa shape index (κ3) is 3.79. The summed E-state index contributed by atoms with van der Waals surface area (Å²) in [5.41, 5.74) is 1.83. The summed E-state index contributed by atoms with van der Waals surface area (Å²) < 4.78 is 11.8. The predicted molar refractivity (Wildman–Crippen MR) is 115 cm³/mol. The molecule has 0 spiro atoms. The first kappa shape index (κ1) is 20.1. The van der Waals surface area contributed by atoms with Crippen LogP contribution in [0.1, 0.15) is 16.9 Å². The molecule has 150 valence electrons. The fraction of sp³-hybridized carbons (Fsp3) is 0.0476. The standard InChI is InChI=1S/C21H12BrClN2O5/c1-11-8-18(25(27)28)16(23)10-14(11)19-7-6-12(29-19)9-17-21(26)30-20(24-17)13-4-2-3-5-15(13)22/h2-10H,1H3/b17-9-. The van der Waals surface area contributed by atoms with E-state index in [2.05, 4.69) is 20.9 Å². The molecular weight excluding hydrogens is 476 g/mol. The molecular formula is C21H12BrClN2O5. The Hall–Kier alpha value is -3.23. The van der Waals surface area contributed by atoms with E-state index in [1.54, 1.807) is 25.1 Å². The van der Waals surface area contributed by atoms with Gasteiger partial charge >= 0.3 is 5.97 Å². The van der Waals surface area contributed by atoms with Crippen molar-refractivity contribution in [2.24, 2.45) is 4.99 Å². The maximum absolute atomic E-state index is 12.2. The predicted octanol–water partition coefficient (Wildman–Crippen LogP) is 5.92. The molecule has 1 aliphatic heterocycles. The van der Waals surface area contributed by atoms with Gasteiger partial charge in [-0.1, -0.05) is 23.7 Å². The van der Waals surface area contributed by atoms with Gasteiger partial charge in [0.1, 0.15) is 16.5 Å². The van der Waals surface area contributed by atoms with Crippen molar-refractivity contribution in [1.29, 1.82) is 0 Å². The van der Waals surface area contributed by atoms with E-state index in [4.69, 9.17) is 20.8 Å². The zero-order valence-corrected chi connectivity index (χ0v) is 17.7. The number of nitrogens with zero attached hydrogens (tertiary/aromatic N) is 2. The topological polar surface area (TPSA) is 94.9 Å². The van der Waals surface area contributed by atoms with Crippen LogP contribution in [0.25, 0.3) is 17.4 Å². The molecule has 1 aliphatic rings. The summed E-state index contributed by atoms with van der Waals surface area (Å²) in [5.74, 6) is 0.442. The number of benzene rings is 2. The van der Waals surface area contributed by atoms with Gasteiger partial charge in [0.15, 0.2) is 5.70 Å². The van der Waals surface area contributed by atoms with Crippen LogP contribution in [0, 0.1) is 17.0 Å². The Kier molecular flexibility index (Phi) is 5.27. The summed E-state index contributed by atoms with van der Waals surface area (Å²) in [6.45, 7) is 1.72. The summed E-state index contributed by atoms with van der Waals surface area (Å²) in [6.07, 6.45) is 1.47. The molecule has 2 heterocycles. The van der Waals surface area contributed by atoms with E-state index in [1.165, 1.54) is 18.2 Å². The van der Waals surface area contributed by atoms with Gasteiger partial charge < -0.3 is 9.15 Å². The van der Waals surface area contributed by atoms with E-state index < -0.39 is 10.9 Å². The maximum atomic E-state index is 12.2. The number of hydrogen-bond acceptors (Lipinski definition) is 6. The summed E-state index contributed by atoms with van der Waals surface area (Å²) >= 11 is 9.42. The van der Waals surface area contributed by atoms with Crippen molar-refractivity contribution >= 4 is 51.2 Å². The number of cyclic esters (lactones) is 1. The molecule has 3 aromatic rings. The Morgan fingerprint density at radius 2 is 1.93 bits per heavy atom. The van der Waals surface area contributed by atoms with Crippen LogP contribution in [0.3, 0.4) is 0 Å². The molecule has 0 saturated carbocycles. The van der Waals surface area contributed by atoms with E-state index in [0.29, 0.717) is 28.2 Å². The van der Waals surface area contributed by atoms with E-state index in [9.17, 15) is 14.9 Å². The van der Waals surface area contributed by atoms with Gasteiger partial charge in [0.25, 0.3) is 5.69 Å². The second kappa shape index (κ2) is 7.89. The van der Waals surface area contributed by atoms with Gasteiger partial charge in [-0.3, -0.25) is 10.1 Å². The molecule has 0 bridgehead atoms. The van der Waals surface area contributed by atoms with E-state index in [0.717, 1.165) is 4.47 Å². The number of halogens is 2. The lowest BCUT2D eigenvalue weighted by molar-refractivity contribution is -0.384. The Morgan fingerprint density at radius 1 is 1.17 bits per heavy atom. The van der Waals surface area contributed by atoms with Crippen LogP contribution in [-0.4, -0.2) is 16.8 Å². The van der Waals surface area contributed by atoms with Crippen LogP contribution in [0.15, 0.2) is 68.1 Å². The number of aliphatic imine (C=N–C) groups is 1. The first-order chi connectivity index (χ1) is 14.3. The number of rotatable bonds is 4. The Balaban J connectivity index is 1.66. The minimum absolute atomic E-state index is 0.0129. The lowest BCUT2D eigenvalue weighted by Gasteiger charge is -2.04. The van der Waals surface area contributed by atoms with Crippen molar-refractivity contribution in [3.8, 4) is 11.3 Å². The Morgan fingerprint density at radius 3 is 2.67 bits per heavy atom. The summed E-state index contributed by atoms with van der Waals surface area (Å²) in [7, 11) is 0. The van der Waals surface area contributed by atoms with Crippen LogP contribution in [0.4, 0.5) is 5.69 Å². The monoisotopic (exact) mass is 486 g/mol. The van der Waals surface area contributed by atoms with Crippen LogP contribution >= 0.6 is 27.5 Å². The highest BCUT2D eigenvalue weighted by Gasteiger charge is 2.26. The molecule has 0 N–H and O–H groups in total. The molecule has 2 aromatic carbocycles. The summed E-state index contributed by atoms with van der Waals surface area (Å²) in [6, 6.07) is 13.5. The number of hydrogen-bond donors (Lipinski definition) is 0. The van der Waals surface area contributed by atoms with Gasteiger partial charge in [0, 0.05) is 22.2 Å². The molecule has 0 aliphatic carbocycles. The van der Waals surface area contributed by atoms with Crippen molar-refractivity contribution in [2.45, 2.75) is 6.92 Å². The molecule has 0 saturated heterocycles. The lowest BCUT2D eigenvalue weighted by Crippen LogP contribution is -2.05. The minimum Gasteiger partial charge on any atom is -0.457 e. The van der Waals surface area contributed by atoms with E-state index >= 15 is 0 Å². The average molecular weight is 488 g/mol. The van der Waals surface area contributed by atoms with Gasteiger partial charge in [0.2, 0.25) is 5.90 Å². The maximum Gasteiger partial charge on any atom is 0.363 e. The first-order valence-electron chi connectivity index (χ1n) is 8.65. The zero-order valence-electron chi connectivity index (χ0n) is 15.4. The largest absolute Gasteiger partial charge is 0.457 e. The molecule has 0 unspecified atom stereocenters. The van der Waals surface area contributed by atoms with E-state index in [1.807, 2.05) is 18.2 Å². The second-order valence-corrected chi connectivity index (χ2v) is 7.66. The third-order valence-electron chi connectivity index (χ3n) is 4.39. The van der Waals surface area contributed by atoms with E-state index in [-0.39, 0.29) is 22.3 Å². The number of nitro groups is 1. The summed E-state index contributed by atoms with van der Waals surface area (Å²) in [4.78, 5) is 27.0. The van der Waals surface area contributed by atoms with Crippen LogP contribution < -0.4 is 0 Å². The normalized spacial score (nSPS) is 14.7. The second-order valence-electron chi connectivity index (χ2n) is 6.39. The van der Waals surface area contributed by atoms with Crippen molar-refractivity contribution in [3.05, 3.63) is 90.7 Å². The van der Waals surface area contributed by atoms with Crippen LogP contribution in [-0.2, 0) is 9.53 Å². The van der Waals surface area contributed by atoms with Gasteiger partial charge in [-0.15, -0.1) is 0 Å². The molecule has 0 atom stereocenters. The zero-order chi connectivity index (χ0) is 21.4. The molecule has 30 heavy (non-hydrogen) atoms. The highest BCUT2D eigenvalue weighted by atomic mass is 79.9. The number of esters is 1. The number of furan rings is 1. The number of ether oxygens (including phenoxy) is 1. The SMILES string of the molecule is Cc1cc([N+](=O)[O-])c(Cl)cc1-c1ccc(/C=C2\N=C(c3ccccc3Br)OC2=O)o1. The molecule has 0 fully saturated rings. The fourth-order valence-electron chi connectivity index (χ4n) is 2.94. The van der Waals surface area contributed by atoms with Gasteiger partial charge in [-0.05, 0) is 58.7 Å². The van der Waals surface area contributed by atoms with Crippen molar-refractivity contribution in [2.75, 3.05) is 0 Å². The fourth-order valence-corrected chi connectivity index (χ4v) is 3.63. The van der Waals surface area contributed by atoms with Gasteiger partial charge in [0.05, 0.1) is 10.5 Å². The highest BCUT2D eigenvalue weighted by molar-refractivity contribution is 9.10. The van der Waals surface area contributed by atoms with Crippen molar-refractivity contribution < 1.29 is 18.9 Å². The molecule has 9 heteroatoms. The first-order valence-corrected chi connectivity index (χ1v) is 9.83. The average Bonchev–Trinajstić information content (AvgIpc) is 3.31. The summed E-state index contributed by atoms with van der Waals surface area (Å²) in [5, 5.41) is 11.0. The van der Waals surface area contributed by atoms with Crippen LogP contribution in [0.5, 0.6) is 0 Å². The Labute approximate surface area is 183 Å². The highest BCUT2D eigenvalue weighted by Crippen LogP contribution is 2.34. The molecule has 0 amide bonds. The van der Waals surface area contributed by atoms with Gasteiger partial charge in [-0.25, -0.2) is 9.79 Å². The van der Waals surface area contributed by atoms with Crippen molar-refractivity contribution in [1.82, 2.24) is 0 Å². The third-order valence-corrected chi connectivity index (χ3v) is 5.38. The number of aryl methyl sites for hydroxylation is 1. The number of carbonyl (C=O) groups is 1. The quantitative estimate of drug-likeness (QED) is 0.197. The molecule has 0 radical (unpaired) electrons. The minimum atomic E-state index is -0.590. The number of nitro benzene ring substituents is 1. The Bertz CT molecular complexity index is 1260. The smallest absolute Gasteiger partial charge is 0.363 e. The molecule has 7 nitrogen and oxygen atoms in total. The lowest BCUT2D eigenvalue weighted by atomic mass is 10.1. The number of carbonyl (C=O) groups excluding carboxylic acids is 1. The van der Waals surface area contributed by atoms with Crippen LogP contribution in [0.2, 0.25) is 5.02 Å². The molecule has 1 aromatic heterocycles. The van der Waals surface area contributed by atoms with Crippen molar-refractivity contribution in [3.63, 3.8) is 0 Å². The molecule has 4 rings (SSSR count). The van der Waals surface area contributed by atoms with Gasteiger partial charge in [-0.2, -0.15) is 0 Å².